The molecule has 1 aliphatic rings. The lowest BCUT2D eigenvalue weighted by Gasteiger charge is -2.15. The van der Waals surface area contributed by atoms with Gasteiger partial charge < -0.3 is 30.6 Å². The number of rotatable bonds is 10. The van der Waals surface area contributed by atoms with Crippen LogP contribution < -0.4 is 21.1 Å². The van der Waals surface area contributed by atoms with Gasteiger partial charge in [-0.1, -0.05) is 18.2 Å². The number of carbonyl (C=O) groups is 2. The summed E-state index contributed by atoms with van der Waals surface area (Å²) in [6, 6.07) is 6.49. The molecule has 8 nitrogen and oxygen atoms in total. The molecule has 1 aromatic carbocycles. The van der Waals surface area contributed by atoms with Crippen molar-refractivity contribution in [3.63, 3.8) is 0 Å². The number of benzene rings is 1. The maximum absolute atomic E-state index is 11.9. The van der Waals surface area contributed by atoms with E-state index in [1.807, 2.05) is 18.2 Å². The van der Waals surface area contributed by atoms with Crippen LogP contribution in [-0.4, -0.2) is 57.4 Å². The van der Waals surface area contributed by atoms with Gasteiger partial charge in [-0.2, -0.15) is 0 Å². The van der Waals surface area contributed by atoms with Gasteiger partial charge in [0, 0.05) is 32.4 Å². The zero-order valence-electron chi connectivity index (χ0n) is 15.4. The van der Waals surface area contributed by atoms with Gasteiger partial charge in [-0.25, -0.2) is 0 Å². The maximum Gasteiger partial charge on any atom is 0.258 e. The minimum atomic E-state index is -0.725. The van der Waals surface area contributed by atoms with Gasteiger partial charge >= 0.3 is 0 Å². The first-order chi connectivity index (χ1) is 12.6. The number of amides is 2. The summed E-state index contributed by atoms with van der Waals surface area (Å²) in [4.78, 5) is 23.8. The van der Waals surface area contributed by atoms with Crippen molar-refractivity contribution in [3.8, 4) is 5.75 Å². The standard InChI is InChI=1S/C18H27N3O5.ClH/c1-24-11-15(19)18(23)21-9-13-5-2-3-7-16(13)26-12-17(22)20-10-14-6-4-8-25-14;/h2-3,5,7,14-15H,4,6,8-12,19H2,1H3,(H,20,22)(H,21,23);1H. The Morgan fingerprint density at radius 3 is 2.81 bits per heavy atom. The molecule has 0 radical (unpaired) electrons. The minimum Gasteiger partial charge on any atom is -0.483 e. The highest BCUT2D eigenvalue weighted by Crippen LogP contribution is 2.17. The van der Waals surface area contributed by atoms with Crippen molar-refractivity contribution in [2.45, 2.75) is 31.5 Å². The van der Waals surface area contributed by atoms with Gasteiger partial charge in [0.25, 0.3) is 5.91 Å². The Balaban J connectivity index is 0.00000364. The van der Waals surface area contributed by atoms with Gasteiger partial charge in [0.2, 0.25) is 5.91 Å². The molecule has 4 N–H and O–H groups in total. The highest BCUT2D eigenvalue weighted by Gasteiger charge is 2.17. The fraction of sp³-hybridized carbons (Fsp3) is 0.556. The third kappa shape index (κ3) is 8.13. The molecule has 0 saturated carbocycles. The quantitative estimate of drug-likeness (QED) is 0.522. The van der Waals surface area contributed by atoms with Crippen molar-refractivity contribution in [2.24, 2.45) is 5.73 Å². The van der Waals surface area contributed by atoms with Crippen LogP contribution in [0.3, 0.4) is 0 Å². The van der Waals surface area contributed by atoms with E-state index < -0.39 is 6.04 Å². The molecular formula is C18H28ClN3O5. The predicted molar refractivity (Wildman–Crippen MR) is 103 cm³/mol. The first-order valence-corrected chi connectivity index (χ1v) is 8.71. The summed E-state index contributed by atoms with van der Waals surface area (Å²) >= 11 is 0. The Morgan fingerprint density at radius 2 is 2.11 bits per heavy atom. The summed E-state index contributed by atoms with van der Waals surface area (Å²) in [5, 5.41) is 5.54. The van der Waals surface area contributed by atoms with Crippen LogP contribution in [0.15, 0.2) is 24.3 Å². The molecular weight excluding hydrogens is 374 g/mol. The maximum atomic E-state index is 11.9. The number of nitrogens with two attached hydrogens (primary N) is 1. The molecule has 0 spiro atoms. The van der Waals surface area contributed by atoms with E-state index in [9.17, 15) is 9.59 Å². The smallest absolute Gasteiger partial charge is 0.258 e. The van der Waals surface area contributed by atoms with Crippen LogP contribution in [-0.2, 0) is 25.6 Å². The second-order valence-corrected chi connectivity index (χ2v) is 6.12. The van der Waals surface area contributed by atoms with E-state index in [-0.39, 0.29) is 50.1 Å². The molecule has 1 saturated heterocycles. The summed E-state index contributed by atoms with van der Waals surface area (Å²) in [7, 11) is 1.49. The van der Waals surface area contributed by atoms with Crippen molar-refractivity contribution in [2.75, 3.05) is 33.5 Å². The second kappa shape index (κ2) is 12.5. The van der Waals surface area contributed by atoms with Crippen molar-refractivity contribution < 1.29 is 23.8 Å². The van der Waals surface area contributed by atoms with Crippen LogP contribution in [0.1, 0.15) is 18.4 Å². The van der Waals surface area contributed by atoms with Crippen LogP contribution in [0.2, 0.25) is 0 Å². The van der Waals surface area contributed by atoms with Crippen LogP contribution in [0, 0.1) is 0 Å². The van der Waals surface area contributed by atoms with E-state index in [1.54, 1.807) is 6.07 Å². The molecule has 0 aromatic heterocycles. The van der Waals surface area contributed by atoms with Crippen molar-refractivity contribution in [1.82, 2.24) is 10.6 Å². The van der Waals surface area contributed by atoms with Gasteiger partial charge in [-0.05, 0) is 18.9 Å². The molecule has 1 aliphatic heterocycles. The fourth-order valence-corrected chi connectivity index (χ4v) is 2.59. The van der Waals surface area contributed by atoms with E-state index in [0.29, 0.717) is 12.3 Å². The summed E-state index contributed by atoms with van der Waals surface area (Å²) in [5.41, 5.74) is 6.44. The second-order valence-electron chi connectivity index (χ2n) is 6.12. The molecule has 2 rings (SSSR count). The van der Waals surface area contributed by atoms with E-state index in [1.165, 1.54) is 7.11 Å². The van der Waals surface area contributed by atoms with Gasteiger partial charge in [-0.15, -0.1) is 12.4 Å². The summed E-state index contributed by atoms with van der Waals surface area (Å²) < 4.78 is 15.9. The molecule has 2 atom stereocenters. The molecule has 1 aromatic rings. The zero-order chi connectivity index (χ0) is 18.8. The number of hydrogen-bond acceptors (Lipinski definition) is 6. The van der Waals surface area contributed by atoms with Crippen molar-refractivity contribution >= 4 is 24.2 Å². The van der Waals surface area contributed by atoms with Gasteiger partial charge in [0.15, 0.2) is 6.61 Å². The highest BCUT2D eigenvalue weighted by molar-refractivity contribution is 5.85. The molecule has 1 heterocycles. The van der Waals surface area contributed by atoms with E-state index >= 15 is 0 Å². The lowest BCUT2D eigenvalue weighted by Crippen LogP contribution is -2.43. The first kappa shape index (κ1) is 23.2. The average molecular weight is 402 g/mol. The number of hydrogen-bond donors (Lipinski definition) is 3. The summed E-state index contributed by atoms with van der Waals surface area (Å²) in [6.07, 6.45) is 2.09. The SMILES string of the molecule is COCC(N)C(=O)NCc1ccccc1OCC(=O)NCC1CCCO1.Cl. The Hall–Kier alpha value is -1.87. The molecule has 2 unspecified atom stereocenters. The third-order valence-electron chi connectivity index (χ3n) is 4.02. The van der Waals surface area contributed by atoms with Crippen molar-refractivity contribution in [1.29, 1.82) is 0 Å². The number of methoxy groups -OCH3 is 1. The minimum absolute atomic E-state index is 0. The first-order valence-electron chi connectivity index (χ1n) is 8.71. The van der Waals surface area contributed by atoms with Crippen molar-refractivity contribution in [3.05, 3.63) is 29.8 Å². The van der Waals surface area contributed by atoms with E-state index in [4.69, 9.17) is 19.9 Å². The topological polar surface area (TPSA) is 112 Å². The average Bonchev–Trinajstić information content (AvgIpc) is 3.17. The number of para-hydroxylation sites is 1. The number of ether oxygens (including phenoxy) is 3. The van der Waals surface area contributed by atoms with Crippen LogP contribution in [0.5, 0.6) is 5.75 Å². The molecule has 0 bridgehead atoms. The zero-order valence-corrected chi connectivity index (χ0v) is 16.3. The lowest BCUT2D eigenvalue weighted by atomic mass is 10.2. The van der Waals surface area contributed by atoms with E-state index in [0.717, 1.165) is 25.0 Å². The summed E-state index contributed by atoms with van der Waals surface area (Å²) in [6.45, 7) is 1.56. The fourth-order valence-electron chi connectivity index (χ4n) is 2.59. The Kier molecular flexibility index (Phi) is 10.7. The number of halogens is 1. The van der Waals surface area contributed by atoms with E-state index in [2.05, 4.69) is 10.6 Å². The largest absolute Gasteiger partial charge is 0.483 e. The normalized spacial score (nSPS) is 16.9. The molecule has 27 heavy (non-hydrogen) atoms. The van der Waals surface area contributed by atoms with Gasteiger partial charge in [0.1, 0.15) is 11.8 Å². The molecule has 0 aliphatic carbocycles. The predicted octanol–water partition coefficient (Wildman–Crippen LogP) is 0.372. The number of nitrogens with one attached hydrogen (secondary N) is 2. The molecule has 152 valence electrons. The highest BCUT2D eigenvalue weighted by atomic mass is 35.5. The molecule has 1 fully saturated rings. The van der Waals surface area contributed by atoms with Gasteiger partial charge in [-0.3, -0.25) is 9.59 Å². The Labute approximate surface area is 165 Å². The van der Waals surface area contributed by atoms with Crippen LogP contribution in [0.25, 0.3) is 0 Å². The summed E-state index contributed by atoms with van der Waals surface area (Å²) in [5.74, 6) is 0.0257. The molecule has 2 amide bonds. The van der Waals surface area contributed by atoms with Gasteiger partial charge in [0.05, 0.1) is 12.7 Å². The third-order valence-corrected chi connectivity index (χ3v) is 4.02. The lowest BCUT2D eigenvalue weighted by molar-refractivity contribution is -0.124. The van der Waals surface area contributed by atoms with Crippen LogP contribution >= 0.6 is 12.4 Å². The monoisotopic (exact) mass is 401 g/mol. The Bertz CT molecular complexity index is 596. The number of carbonyl (C=O) groups excluding carboxylic acids is 2. The molecule has 9 heteroatoms. The Morgan fingerprint density at radius 1 is 1.33 bits per heavy atom. The van der Waals surface area contributed by atoms with Crippen LogP contribution in [0.4, 0.5) is 0 Å².